The molecule has 0 aliphatic carbocycles. The zero-order valence-corrected chi connectivity index (χ0v) is 19.6. The zero-order valence-electron chi connectivity index (χ0n) is 19.6. The van der Waals surface area contributed by atoms with Crippen molar-refractivity contribution in [2.75, 3.05) is 72.0 Å². The Morgan fingerprint density at radius 3 is 1.21 bits per heavy atom. The monoisotopic (exact) mass is 474 g/mol. The maximum absolute atomic E-state index is 12.0. The summed E-state index contributed by atoms with van der Waals surface area (Å²) in [6.45, 7) is 5.76. The molecule has 0 bridgehead atoms. The first-order chi connectivity index (χ1) is 15.5. The number of carbonyl (C=O) groups is 4. The van der Waals surface area contributed by atoms with Gasteiger partial charge in [-0.05, 0) is 18.8 Å². The molecule has 0 spiro atoms. The molecular formula is C21H38N4O8. The van der Waals surface area contributed by atoms with Crippen molar-refractivity contribution >= 4 is 23.9 Å². The molecule has 1 rings (SSSR count). The van der Waals surface area contributed by atoms with E-state index in [0.29, 0.717) is 64.7 Å². The Kier molecular flexibility index (Phi) is 12.9. The third-order valence-electron chi connectivity index (χ3n) is 5.69. The van der Waals surface area contributed by atoms with Crippen molar-refractivity contribution in [3.05, 3.63) is 0 Å². The molecule has 1 saturated heterocycles. The van der Waals surface area contributed by atoms with Crippen molar-refractivity contribution in [1.82, 2.24) is 19.6 Å². The van der Waals surface area contributed by atoms with Gasteiger partial charge < -0.3 is 20.4 Å². The first-order valence-electron chi connectivity index (χ1n) is 11.3. The van der Waals surface area contributed by atoms with Gasteiger partial charge in [-0.25, -0.2) is 0 Å². The van der Waals surface area contributed by atoms with Crippen LogP contribution in [0.3, 0.4) is 0 Å². The van der Waals surface area contributed by atoms with Crippen LogP contribution in [-0.4, -0.2) is 142 Å². The minimum Gasteiger partial charge on any atom is -0.480 e. The average Bonchev–Trinajstić information content (AvgIpc) is 2.67. The van der Waals surface area contributed by atoms with Crippen molar-refractivity contribution in [2.45, 2.75) is 32.7 Å². The van der Waals surface area contributed by atoms with Crippen LogP contribution >= 0.6 is 0 Å². The van der Waals surface area contributed by atoms with Crippen molar-refractivity contribution < 1.29 is 39.6 Å². The molecule has 4 N–H and O–H groups in total. The number of carboxylic acid groups (broad SMARTS) is 4. The van der Waals surface area contributed by atoms with Crippen molar-refractivity contribution in [3.8, 4) is 0 Å². The van der Waals surface area contributed by atoms with E-state index in [1.54, 1.807) is 19.6 Å². The van der Waals surface area contributed by atoms with Crippen LogP contribution in [-0.2, 0) is 19.2 Å². The van der Waals surface area contributed by atoms with Gasteiger partial charge in [0.05, 0.1) is 19.6 Å². The second-order valence-electron chi connectivity index (χ2n) is 8.87. The molecule has 1 aliphatic rings. The molecule has 33 heavy (non-hydrogen) atoms. The first kappa shape index (κ1) is 28.8. The summed E-state index contributed by atoms with van der Waals surface area (Å²) in [7, 11) is 0. The van der Waals surface area contributed by atoms with Gasteiger partial charge in [-0.15, -0.1) is 0 Å². The van der Waals surface area contributed by atoms with Gasteiger partial charge >= 0.3 is 23.9 Å². The summed E-state index contributed by atoms with van der Waals surface area (Å²) in [5.41, 5.74) is 0. The van der Waals surface area contributed by atoms with Crippen molar-refractivity contribution in [3.63, 3.8) is 0 Å². The fourth-order valence-electron chi connectivity index (χ4n) is 3.87. The number of aliphatic carboxylic acids is 4. The van der Waals surface area contributed by atoms with Gasteiger partial charge in [0.2, 0.25) is 0 Å². The normalized spacial score (nSPS) is 19.5. The van der Waals surface area contributed by atoms with Gasteiger partial charge in [-0.1, -0.05) is 13.8 Å². The average molecular weight is 475 g/mol. The molecule has 0 aromatic rings. The number of hydrogen-bond donors (Lipinski definition) is 4. The molecule has 190 valence electrons. The highest BCUT2D eigenvalue weighted by atomic mass is 16.4. The van der Waals surface area contributed by atoms with Crippen LogP contribution in [0.1, 0.15) is 26.7 Å². The van der Waals surface area contributed by atoms with Gasteiger partial charge in [0.25, 0.3) is 0 Å². The number of hydrogen-bond acceptors (Lipinski definition) is 8. The second-order valence-corrected chi connectivity index (χ2v) is 8.87. The van der Waals surface area contributed by atoms with Crippen LogP contribution in [0, 0.1) is 5.92 Å². The minimum absolute atomic E-state index is 0.232. The molecule has 1 aliphatic heterocycles. The summed E-state index contributed by atoms with van der Waals surface area (Å²) in [6, 6.07) is -0.753. The largest absolute Gasteiger partial charge is 0.480 e. The Balaban J connectivity index is 3.10. The van der Waals surface area contributed by atoms with Crippen molar-refractivity contribution in [1.29, 1.82) is 0 Å². The van der Waals surface area contributed by atoms with Crippen LogP contribution in [0.4, 0.5) is 0 Å². The van der Waals surface area contributed by atoms with Crippen LogP contribution in [0.5, 0.6) is 0 Å². The molecular weight excluding hydrogens is 436 g/mol. The van der Waals surface area contributed by atoms with Gasteiger partial charge in [0.15, 0.2) is 0 Å². The summed E-state index contributed by atoms with van der Waals surface area (Å²) in [5.74, 6) is -3.67. The van der Waals surface area contributed by atoms with E-state index in [1.807, 2.05) is 13.8 Å². The predicted octanol–water partition coefficient (Wildman–Crippen LogP) is -0.649. The molecule has 0 aromatic carbocycles. The lowest BCUT2D eigenvalue weighted by atomic mass is 10.0. The van der Waals surface area contributed by atoms with Gasteiger partial charge in [0.1, 0.15) is 6.04 Å². The molecule has 12 nitrogen and oxygen atoms in total. The Bertz CT molecular complexity index is 628. The summed E-state index contributed by atoms with van der Waals surface area (Å²) in [6.07, 6.45) is 1.16. The maximum atomic E-state index is 12.0. The molecule has 1 atom stereocenters. The van der Waals surface area contributed by atoms with E-state index in [1.165, 1.54) is 0 Å². The molecule has 0 amide bonds. The van der Waals surface area contributed by atoms with E-state index in [2.05, 4.69) is 0 Å². The molecule has 0 radical (unpaired) electrons. The molecule has 1 unspecified atom stereocenters. The number of nitrogens with zero attached hydrogens (tertiary/aromatic N) is 4. The molecule has 0 aromatic heterocycles. The SMILES string of the molecule is CC(C)CCC(C(=O)O)N1CCN(CC(=O)O)CCN(CC(=O)O)CCN(CC(=O)O)CC1. The summed E-state index contributed by atoms with van der Waals surface area (Å²) in [4.78, 5) is 52.7. The smallest absolute Gasteiger partial charge is 0.320 e. The van der Waals surface area contributed by atoms with Crippen LogP contribution < -0.4 is 0 Å². The first-order valence-corrected chi connectivity index (χ1v) is 11.3. The van der Waals surface area contributed by atoms with Gasteiger partial charge in [-0.3, -0.25) is 38.8 Å². The van der Waals surface area contributed by atoms with E-state index >= 15 is 0 Å². The maximum Gasteiger partial charge on any atom is 0.320 e. The summed E-state index contributed by atoms with van der Waals surface area (Å²) in [5, 5.41) is 37.6. The van der Waals surface area contributed by atoms with Crippen LogP contribution in [0.15, 0.2) is 0 Å². The highest BCUT2D eigenvalue weighted by Gasteiger charge is 2.28. The lowest BCUT2D eigenvalue weighted by Gasteiger charge is -2.35. The second kappa shape index (κ2) is 14.8. The van der Waals surface area contributed by atoms with Crippen molar-refractivity contribution in [2.24, 2.45) is 5.92 Å². The Hall–Kier alpha value is -2.28. The topological polar surface area (TPSA) is 162 Å². The third-order valence-corrected chi connectivity index (χ3v) is 5.69. The van der Waals surface area contributed by atoms with E-state index in [0.717, 1.165) is 6.42 Å². The van der Waals surface area contributed by atoms with Crippen LogP contribution in [0.25, 0.3) is 0 Å². The molecule has 0 saturated carbocycles. The van der Waals surface area contributed by atoms with E-state index in [-0.39, 0.29) is 19.6 Å². The minimum atomic E-state index is -1.02. The van der Waals surface area contributed by atoms with Gasteiger partial charge in [-0.2, -0.15) is 0 Å². The summed E-state index contributed by atoms with van der Waals surface area (Å²) < 4.78 is 0. The Labute approximate surface area is 194 Å². The van der Waals surface area contributed by atoms with E-state index < -0.39 is 29.9 Å². The highest BCUT2D eigenvalue weighted by Crippen LogP contribution is 2.14. The summed E-state index contributed by atoms with van der Waals surface area (Å²) >= 11 is 0. The lowest BCUT2D eigenvalue weighted by Crippen LogP contribution is -2.51. The number of carboxylic acids is 4. The van der Waals surface area contributed by atoms with Gasteiger partial charge in [0, 0.05) is 52.4 Å². The molecule has 12 heteroatoms. The standard InChI is InChI=1S/C21H38N4O8/c1-16(2)3-4-17(21(32)33)25-11-9-23(14-19(28)29)7-5-22(13-18(26)27)6-8-24(10-12-25)15-20(30)31/h16-17H,3-15H2,1-2H3,(H,26,27)(H,28,29)(H,30,31)(H,32,33). The zero-order chi connectivity index (χ0) is 25.0. The quantitative estimate of drug-likeness (QED) is 0.300. The van der Waals surface area contributed by atoms with E-state index in [9.17, 15) is 39.6 Å². The third kappa shape index (κ3) is 12.5. The fourth-order valence-corrected chi connectivity index (χ4v) is 3.87. The highest BCUT2D eigenvalue weighted by molar-refractivity contribution is 5.73. The number of rotatable bonds is 11. The predicted molar refractivity (Wildman–Crippen MR) is 119 cm³/mol. The fraction of sp³-hybridized carbons (Fsp3) is 0.810. The molecule has 1 fully saturated rings. The Morgan fingerprint density at radius 1 is 0.606 bits per heavy atom. The van der Waals surface area contributed by atoms with Crippen LogP contribution in [0.2, 0.25) is 0 Å². The van der Waals surface area contributed by atoms with E-state index in [4.69, 9.17) is 0 Å². The molecule has 1 heterocycles. The Morgan fingerprint density at radius 2 is 0.939 bits per heavy atom. The lowest BCUT2D eigenvalue weighted by molar-refractivity contribution is -0.145.